The van der Waals surface area contributed by atoms with Crippen LogP contribution in [0, 0.1) is 6.92 Å². The molecule has 2 aromatic carbocycles. The van der Waals surface area contributed by atoms with Gasteiger partial charge < -0.3 is 9.67 Å². The number of aromatic nitrogens is 1. The third kappa shape index (κ3) is 2.97. The molecule has 0 radical (unpaired) electrons. The lowest BCUT2D eigenvalue weighted by atomic mass is 10.1. The average molecular weight is 319 g/mol. The Morgan fingerprint density at radius 2 is 1.87 bits per heavy atom. The van der Waals surface area contributed by atoms with Gasteiger partial charge in [-0.1, -0.05) is 24.3 Å². The lowest BCUT2D eigenvalue weighted by Crippen LogP contribution is -2.07. The molecule has 0 atom stereocenters. The molecule has 0 unspecified atom stereocenters. The summed E-state index contributed by atoms with van der Waals surface area (Å²) in [7, 11) is 0. The third-order valence-corrected chi connectivity index (χ3v) is 4.07. The number of aryl methyl sites for hydroxylation is 1. The van der Waals surface area contributed by atoms with Gasteiger partial charge in [0.15, 0.2) is 0 Å². The van der Waals surface area contributed by atoms with Gasteiger partial charge in [0.05, 0.1) is 17.7 Å². The standard InChI is InChI=1S/C18H16F3NO/c1-12-15(11-23)6-5-14-7-8-22(17(12)14)10-13-3-2-4-16(9-13)18(19,20)21/h2-9,23H,10-11H2,1H3. The van der Waals surface area contributed by atoms with Gasteiger partial charge in [-0.05, 0) is 47.2 Å². The first kappa shape index (κ1) is 15.6. The summed E-state index contributed by atoms with van der Waals surface area (Å²) in [5, 5.41) is 10.4. The Kier molecular flexibility index (Phi) is 3.90. The number of rotatable bonds is 3. The van der Waals surface area contributed by atoms with Gasteiger partial charge >= 0.3 is 6.18 Å². The lowest BCUT2D eigenvalue weighted by Gasteiger charge is -2.12. The van der Waals surface area contributed by atoms with Crippen molar-refractivity contribution in [1.82, 2.24) is 4.57 Å². The molecule has 0 saturated carbocycles. The maximum Gasteiger partial charge on any atom is 0.416 e. The van der Waals surface area contributed by atoms with Crippen LogP contribution in [-0.2, 0) is 19.3 Å². The Morgan fingerprint density at radius 3 is 2.57 bits per heavy atom. The second kappa shape index (κ2) is 5.74. The quantitative estimate of drug-likeness (QED) is 0.755. The summed E-state index contributed by atoms with van der Waals surface area (Å²) in [6.07, 6.45) is -2.48. The number of benzene rings is 2. The molecule has 0 aliphatic heterocycles. The predicted octanol–water partition coefficient (Wildman–Crippen LogP) is 4.51. The van der Waals surface area contributed by atoms with Crippen LogP contribution in [0.4, 0.5) is 13.2 Å². The SMILES string of the molecule is Cc1c(CO)ccc2ccn(Cc3cccc(C(F)(F)F)c3)c12. The lowest BCUT2D eigenvalue weighted by molar-refractivity contribution is -0.137. The summed E-state index contributed by atoms with van der Waals surface area (Å²) in [5.41, 5.74) is 2.66. The number of alkyl halides is 3. The molecule has 5 heteroatoms. The molecule has 0 spiro atoms. The number of halogens is 3. The van der Waals surface area contributed by atoms with Crippen LogP contribution in [0.15, 0.2) is 48.7 Å². The first-order valence-corrected chi connectivity index (χ1v) is 7.24. The molecule has 0 aliphatic rings. The molecule has 1 N–H and O–H groups in total. The Balaban J connectivity index is 2.02. The summed E-state index contributed by atoms with van der Waals surface area (Å²) in [6, 6.07) is 11.1. The fraction of sp³-hybridized carbons (Fsp3) is 0.222. The molecule has 1 aromatic heterocycles. The van der Waals surface area contributed by atoms with Crippen molar-refractivity contribution in [2.45, 2.75) is 26.3 Å². The van der Waals surface area contributed by atoms with Crippen LogP contribution in [-0.4, -0.2) is 9.67 Å². The van der Waals surface area contributed by atoms with Crippen LogP contribution in [0.5, 0.6) is 0 Å². The van der Waals surface area contributed by atoms with Gasteiger partial charge in [0.25, 0.3) is 0 Å². The topological polar surface area (TPSA) is 25.2 Å². The molecule has 0 saturated heterocycles. The molecule has 1 heterocycles. The summed E-state index contributed by atoms with van der Waals surface area (Å²) < 4.78 is 40.4. The van der Waals surface area contributed by atoms with E-state index in [4.69, 9.17) is 0 Å². The first-order chi connectivity index (χ1) is 10.9. The summed E-state index contributed by atoms with van der Waals surface area (Å²) in [5.74, 6) is 0. The van der Waals surface area contributed by atoms with E-state index in [0.717, 1.165) is 28.1 Å². The highest BCUT2D eigenvalue weighted by atomic mass is 19.4. The number of hydrogen-bond donors (Lipinski definition) is 1. The fourth-order valence-corrected chi connectivity index (χ4v) is 2.87. The van der Waals surface area contributed by atoms with Gasteiger partial charge in [-0.15, -0.1) is 0 Å². The normalized spacial score (nSPS) is 12.0. The van der Waals surface area contributed by atoms with Crippen molar-refractivity contribution < 1.29 is 18.3 Å². The van der Waals surface area contributed by atoms with Crippen LogP contribution in [0.25, 0.3) is 10.9 Å². The molecule has 0 fully saturated rings. The van der Waals surface area contributed by atoms with Crippen molar-refractivity contribution in [2.75, 3.05) is 0 Å². The summed E-state index contributed by atoms with van der Waals surface area (Å²) in [6.45, 7) is 2.20. The predicted molar refractivity (Wildman–Crippen MR) is 83.1 cm³/mol. The number of aliphatic hydroxyl groups excluding tert-OH is 1. The Hall–Kier alpha value is -2.27. The van der Waals surface area contributed by atoms with Gasteiger partial charge in [-0.2, -0.15) is 13.2 Å². The Bertz CT molecular complexity index is 849. The van der Waals surface area contributed by atoms with Gasteiger partial charge in [0.2, 0.25) is 0 Å². The van der Waals surface area contributed by atoms with E-state index in [9.17, 15) is 18.3 Å². The first-order valence-electron chi connectivity index (χ1n) is 7.24. The number of fused-ring (bicyclic) bond motifs is 1. The van der Waals surface area contributed by atoms with E-state index in [2.05, 4.69) is 0 Å². The van der Waals surface area contributed by atoms with Crippen molar-refractivity contribution in [1.29, 1.82) is 0 Å². The van der Waals surface area contributed by atoms with Crippen LogP contribution < -0.4 is 0 Å². The highest BCUT2D eigenvalue weighted by Crippen LogP contribution is 2.30. The Labute approximate surface area is 131 Å². The molecular weight excluding hydrogens is 303 g/mol. The molecule has 3 rings (SSSR count). The van der Waals surface area contributed by atoms with E-state index in [1.165, 1.54) is 12.1 Å². The van der Waals surface area contributed by atoms with E-state index in [1.54, 1.807) is 6.07 Å². The monoisotopic (exact) mass is 319 g/mol. The van der Waals surface area contributed by atoms with E-state index in [1.807, 2.05) is 35.9 Å². The van der Waals surface area contributed by atoms with E-state index < -0.39 is 11.7 Å². The van der Waals surface area contributed by atoms with Gasteiger partial charge in [-0.3, -0.25) is 0 Å². The van der Waals surface area contributed by atoms with Gasteiger partial charge in [0, 0.05) is 12.7 Å². The van der Waals surface area contributed by atoms with E-state index in [-0.39, 0.29) is 6.61 Å². The zero-order valence-electron chi connectivity index (χ0n) is 12.6. The van der Waals surface area contributed by atoms with Crippen molar-refractivity contribution in [2.24, 2.45) is 0 Å². The molecule has 120 valence electrons. The van der Waals surface area contributed by atoms with Crippen molar-refractivity contribution >= 4 is 10.9 Å². The van der Waals surface area contributed by atoms with E-state index in [0.29, 0.717) is 12.1 Å². The van der Waals surface area contributed by atoms with Gasteiger partial charge in [-0.25, -0.2) is 0 Å². The second-order valence-corrected chi connectivity index (χ2v) is 5.59. The molecule has 0 amide bonds. The number of aliphatic hydroxyl groups is 1. The molecule has 3 aromatic rings. The fourth-order valence-electron chi connectivity index (χ4n) is 2.87. The highest BCUT2D eigenvalue weighted by Gasteiger charge is 2.30. The number of hydrogen-bond acceptors (Lipinski definition) is 1. The maximum absolute atomic E-state index is 12.8. The second-order valence-electron chi connectivity index (χ2n) is 5.59. The van der Waals surface area contributed by atoms with Gasteiger partial charge in [0.1, 0.15) is 0 Å². The zero-order chi connectivity index (χ0) is 16.6. The molecule has 2 nitrogen and oxygen atoms in total. The van der Waals surface area contributed by atoms with Crippen LogP contribution in [0.3, 0.4) is 0 Å². The summed E-state index contributed by atoms with van der Waals surface area (Å²) in [4.78, 5) is 0. The van der Waals surface area contributed by atoms with Crippen molar-refractivity contribution in [3.63, 3.8) is 0 Å². The molecule has 0 bridgehead atoms. The average Bonchev–Trinajstić information content (AvgIpc) is 2.91. The van der Waals surface area contributed by atoms with Crippen LogP contribution in [0.2, 0.25) is 0 Å². The molecular formula is C18H16F3NO. The minimum atomic E-state index is -4.34. The van der Waals surface area contributed by atoms with Crippen molar-refractivity contribution in [3.8, 4) is 0 Å². The Morgan fingerprint density at radius 1 is 1.09 bits per heavy atom. The minimum absolute atomic E-state index is 0.0590. The van der Waals surface area contributed by atoms with E-state index >= 15 is 0 Å². The maximum atomic E-state index is 12.8. The smallest absolute Gasteiger partial charge is 0.392 e. The molecule has 0 aliphatic carbocycles. The highest BCUT2D eigenvalue weighted by molar-refractivity contribution is 5.84. The van der Waals surface area contributed by atoms with Crippen LogP contribution >= 0.6 is 0 Å². The zero-order valence-corrected chi connectivity index (χ0v) is 12.6. The largest absolute Gasteiger partial charge is 0.416 e. The minimum Gasteiger partial charge on any atom is -0.392 e. The van der Waals surface area contributed by atoms with Crippen molar-refractivity contribution in [3.05, 3.63) is 70.9 Å². The molecule has 23 heavy (non-hydrogen) atoms. The number of nitrogens with zero attached hydrogens (tertiary/aromatic N) is 1. The third-order valence-electron chi connectivity index (χ3n) is 4.07. The van der Waals surface area contributed by atoms with Crippen LogP contribution in [0.1, 0.15) is 22.3 Å². The summed E-state index contributed by atoms with van der Waals surface area (Å²) >= 11 is 0.